The van der Waals surface area contributed by atoms with Crippen LogP contribution >= 0.6 is 0 Å². The van der Waals surface area contributed by atoms with Gasteiger partial charge in [-0.2, -0.15) is 5.10 Å². The van der Waals surface area contributed by atoms with Gasteiger partial charge in [-0.1, -0.05) is 37.6 Å². The van der Waals surface area contributed by atoms with E-state index < -0.39 is 0 Å². The van der Waals surface area contributed by atoms with Crippen molar-refractivity contribution in [2.75, 3.05) is 0 Å². The van der Waals surface area contributed by atoms with E-state index in [1.807, 2.05) is 58.2 Å². The zero-order valence-corrected chi connectivity index (χ0v) is 10.0. The van der Waals surface area contributed by atoms with E-state index in [1.165, 1.54) is 5.57 Å². The molecule has 84 valence electrons. The molecule has 0 saturated heterocycles. The molecule has 0 fully saturated rings. The molecule has 2 heteroatoms. The number of para-hydroxylation sites is 1. The van der Waals surface area contributed by atoms with Gasteiger partial charge in [0.15, 0.2) is 0 Å². The van der Waals surface area contributed by atoms with Crippen molar-refractivity contribution >= 4 is 10.9 Å². The lowest BCUT2D eigenvalue weighted by molar-refractivity contribution is 1.12. The molecule has 15 heavy (non-hydrogen) atoms. The summed E-state index contributed by atoms with van der Waals surface area (Å²) < 4.78 is 0. The second kappa shape index (κ2) is 7.80. The molecular weight excluding hydrogens is 184 g/mol. The van der Waals surface area contributed by atoms with Crippen molar-refractivity contribution in [3.8, 4) is 0 Å². The number of benzene rings is 1. The third-order valence-electron chi connectivity index (χ3n) is 1.35. The summed E-state index contributed by atoms with van der Waals surface area (Å²) in [6, 6.07) is 8.01. The maximum atomic E-state index is 3.88. The SMILES string of the molecule is C=C(C)C.CC.[HH].c1ccc2[nH]ncc2c1. The van der Waals surface area contributed by atoms with Crippen molar-refractivity contribution in [2.45, 2.75) is 27.7 Å². The zero-order valence-electron chi connectivity index (χ0n) is 10.0. The van der Waals surface area contributed by atoms with E-state index in [-0.39, 0.29) is 1.43 Å². The van der Waals surface area contributed by atoms with Gasteiger partial charge in [-0.25, -0.2) is 0 Å². The Hall–Kier alpha value is -1.57. The van der Waals surface area contributed by atoms with E-state index >= 15 is 0 Å². The minimum atomic E-state index is 0. The van der Waals surface area contributed by atoms with E-state index in [0.29, 0.717) is 0 Å². The summed E-state index contributed by atoms with van der Waals surface area (Å²) in [7, 11) is 0. The molecule has 0 atom stereocenters. The fourth-order valence-corrected chi connectivity index (χ4v) is 0.883. The predicted molar refractivity (Wildman–Crippen MR) is 70.0 cm³/mol. The van der Waals surface area contributed by atoms with Gasteiger partial charge in [0.05, 0.1) is 11.7 Å². The van der Waals surface area contributed by atoms with Crippen molar-refractivity contribution < 1.29 is 1.43 Å². The Morgan fingerprint density at radius 1 is 1.27 bits per heavy atom. The fourth-order valence-electron chi connectivity index (χ4n) is 0.883. The number of hydrogen-bond acceptors (Lipinski definition) is 1. The lowest BCUT2D eigenvalue weighted by atomic mass is 10.3. The first kappa shape index (κ1) is 13.4. The molecule has 2 rings (SSSR count). The average molecular weight is 206 g/mol. The molecule has 0 aliphatic rings. The first-order chi connectivity index (χ1) is 7.20. The summed E-state index contributed by atoms with van der Waals surface area (Å²) in [6.45, 7) is 11.5. The van der Waals surface area contributed by atoms with Crippen LogP contribution in [0.2, 0.25) is 0 Å². The van der Waals surface area contributed by atoms with Crippen molar-refractivity contribution in [1.82, 2.24) is 10.2 Å². The molecular formula is C13H22N2. The maximum absolute atomic E-state index is 3.88. The van der Waals surface area contributed by atoms with Crippen LogP contribution in [0.15, 0.2) is 42.6 Å². The van der Waals surface area contributed by atoms with Gasteiger partial charge in [-0.15, -0.1) is 6.58 Å². The first-order valence-electron chi connectivity index (χ1n) is 5.20. The molecule has 0 unspecified atom stereocenters. The largest absolute Gasteiger partial charge is 0.278 e. The Kier molecular flexibility index (Phi) is 6.98. The van der Waals surface area contributed by atoms with Gasteiger partial charge in [0, 0.05) is 6.81 Å². The Morgan fingerprint density at radius 2 is 1.80 bits per heavy atom. The summed E-state index contributed by atoms with van der Waals surface area (Å²) >= 11 is 0. The Bertz CT molecular complexity index is 359. The molecule has 0 saturated carbocycles. The lowest BCUT2D eigenvalue weighted by Crippen LogP contribution is -1.63. The van der Waals surface area contributed by atoms with Crippen molar-refractivity contribution in [2.24, 2.45) is 0 Å². The minimum Gasteiger partial charge on any atom is -0.278 e. The summed E-state index contributed by atoms with van der Waals surface area (Å²) in [5, 5.41) is 7.91. The smallest absolute Gasteiger partial charge is 0.0650 e. The van der Waals surface area contributed by atoms with Crippen LogP contribution in [0, 0.1) is 0 Å². The van der Waals surface area contributed by atoms with Gasteiger partial charge in [0.25, 0.3) is 0 Å². The number of aromatic nitrogens is 2. The number of aromatic amines is 1. The third kappa shape index (κ3) is 5.68. The standard InChI is InChI=1S/C7H6N2.C4H8.C2H6.H2/c1-2-4-7-6(3-1)5-8-9-7;1-4(2)3;1-2;/h1-5H,(H,8,9);1H2,2-3H3;1-2H3;1H. The van der Waals surface area contributed by atoms with Crippen LogP contribution in [0.1, 0.15) is 29.1 Å². The van der Waals surface area contributed by atoms with Gasteiger partial charge in [-0.05, 0) is 19.9 Å². The van der Waals surface area contributed by atoms with Gasteiger partial charge in [0.1, 0.15) is 0 Å². The number of nitrogens with zero attached hydrogens (tertiary/aromatic N) is 1. The molecule has 0 aliphatic heterocycles. The third-order valence-corrected chi connectivity index (χ3v) is 1.35. The highest BCUT2D eigenvalue weighted by atomic mass is 15.1. The van der Waals surface area contributed by atoms with E-state index in [4.69, 9.17) is 0 Å². The van der Waals surface area contributed by atoms with Crippen LogP contribution in [0.25, 0.3) is 10.9 Å². The molecule has 1 N–H and O–H groups in total. The molecule has 0 amide bonds. The van der Waals surface area contributed by atoms with Gasteiger partial charge in [0.2, 0.25) is 0 Å². The van der Waals surface area contributed by atoms with Crippen LogP contribution in [0.5, 0.6) is 0 Å². The van der Waals surface area contributed by atoms with E-state index in [0.717, 1.165) is 10.9 Å². The second-order valence-corrected chi connectivity index (χ2v) is 3.16. The summed E-state index contributed by atoms with van der Waals surface area (Å²) in [5.74, 6) is 0. The van der Waals surface area contributed by atoms with Crippen molar-refractivity contribution in [3.63, 3.8) is 0 Å². The second-order valence-electron chi connectivity index (χ2n) is 3.16. The van der Waals surface area contributed by atoms with Crippen LogP contribution in [-0.4, -0.2) is 10.2 Å². The highest BCUT2D eigenvalue weighted by molar-refractivity contribution is 5.77. The van der Waals surface area contributed by atoms with E-state index in [9.17, 15) is 0 Å². The lowest BCUT2D eigenvalue weighted by Gasteiger charge is -1.81. The van der Waals surface area contributed by atoms with E-state index in [2.05, 4.69) is 16.8 Å². The molecule has 2 aromatic rings. The molecule has 0 radical (unpaired) electrons. The first-order valence-corrected chi connectivity index (χ1v) is 5.20. The van der Waals surface area contributed by atoms with Gasteiger partial charge < -0.3 is 0 Å². The molecule has 1 aromatic heterocycles. The summed E-state index contributed by atoms with van der Waals surface area (Å²) in [5.41, 5.74) is 2.26. The quantitative estimate of drug-likeness (QED) is 0.635. The molecule has 0 aliphatic carbocycles. The summed E-state index contributed by atoms with van der Waals surface area (Å²) in [6.07, 6.45) is 1.81. The van der Waals surface area contributed by atoms with Crippen molar-refractivity contribution in [1.29, 1.82) is 0 Å². The monoisotopic (exact) mass is 206 g/mol. The molecule has 2 nitrogen and oxygen atoms in total. The van der Waals surface area contributed by atoms with Crippen LogP contribution in [0.3, 0.4) is 0 Å². The molecule has 0 spiro atoms. The number of allylic oxidation sites excluding steroid dienone is 1. The highest BCUT2D eigenvalue weighted by Gasteiger charge is 1.88. The Labute approximate surface area is 93.5 Å². The molecule has 1 aromatic carbocycles. The van der Waals surface area contributed by atoms with Crippen LogP contribution in [0.4, 0.5) is 0 Å². The van der Waals surface area contributed by atoms with Crippen LogP contribution < -0.4 is 0 Å². The molecule has 1 heterocycles. The molecule has 0 bridgehead atoms. The average Bonchev–Trinajstić information content (AvgIpc) is 2.67. The Morgan fingerprint density at radius 3 is 2.33 bits per heavy atom. The number of nitrogens with one attached hydrogen (secondary N) is 1. The number of rotatable bonds is 0. The topological polar surface area (TPSA) is 28.7 Å². The predicted octanol–water partition coefficient (Wildman–Crippen LogP) is 4.42. The number of fused-ring (bicyclic) bond motifs is 1. The summed E-state index contributed by atoms with van der Waals surface area (Å²) in [4.78, 5) is 0. The maximum Gasteiger partial charge on any atom is 0.0650 e. The zero-order chi connectivity index (χ0) is 11.7. The minimum absolute atomic E-state index is 0. The van der Waals surface area contributed by atoms with Crippen LogP contribution in [-0.2, 0) is 0 Å². The number of H-pyrrole nitrogens is 1. The highest BCUT2D eigenvalue weighted by Crippen LogP contribution is 2.06. The fraction of sp³-hybridized carbons (Fsp3) is 0.308. The van der Waals surface area contributed by atoms with Crippen molar-refractivity contribution in [3.05, 3.63) is 42.6 Å². The van der Waals surface area contributed by atoms with E-state index in [1.54, 1.807) is 0 Å². The normalized spacial score (nSPS) is 8.27. The van der Waals surface area contributed by atoms with Gasteiger partial charge in [-0.3, -0.25) is 5.10 Å². The Balaban J connectivity index is 0. The number of hydrogen-bond donors (Lipinski definition) is 1. The van der Waals surface area contributed by atoms with Gasteiger partial charge >= 0.3 is 0 Å².